The standard InChI is InChI=1S/C20H13ClI2N2O3S/c1-2-6-28-17-15(22)8-11(9-16(17)23)7-14-18(26)24-20(29)25(19(14)27)13-5-3-4-12(21)10-13/h2-5,7-10H,1,6H2,(H,24,26,29)/b14-7+. The Kier molecular flexibility index (Phi) is 7.30. The fourth-order valence-corrected chi connectivity index (χ4v) is 5.21. The maximum atomic E-state index is 13.1. The van der Waals surface area contributed by atoms with Crippen LogP contribution in [0.1, 0.15) is 5.56 Å². The normalized spacial score (nSPS) is 15.5. The lowest BCUT2D eigenvalue weighted by molar-refractivity contribution is -0.122. The van der Waals surface area contributed by atoms with Crippen molar-refractivity contribution in [3.8, 4) is 5.75 Å². The van der Waals surface area contributed by atoms with Crippen molar-refractivity contribution < 1.29 is 14.3 Å². The number of carbonyl (C=O) groups excluding carboxylic acids is 2. The van der Waals surface area contributed by atoms with Crippen LogP contribution < -0.4 is 15.0 Å². The average Bonchev–Trinajstić information content (AvgIpc) is 2.64. The van der Waals surface area contributed by atoms with E-state index in [9.17, 15) is 9.59 Å². The van der Waals surface area contributed by atoms with E-state index in [1.807, 2.05) is 12.1 Å². The molecule has 0 radical (unpaired) electrons. The first-order valence-electron chi connectivity index (χ1n) is 8.21. The Morgan fingerprint density at radius 1 is 1.21 bits per heavy atom. The van der Waals surface area contributed by atoms with Gasteiger partial charge in [-0.3, -0.25) is 19.8 Å². The van der Waals surface area contributed by atoms with E-state index in [4.69, 9.17) is 28.6 Å². The summed E-state index contributed by atoms with van der Waals surface area (Å²) in [4.78, 5) is 26.8. The van der Waals surface area contributed by atoms with Crippen molar-refractivity contribution in [1.29, 1.82) is 0 Å². The second kappa shape index (κ2) is 9.54. The van der Waals surface area contributed by atoms with Gasteiger partial charge in [-0.2, -0.15) is 0 Å². The summed E-state index contributed by atoms with van der Waals surface area (Å²) >= 11 is 15.5. The molecular weight excluding hydrogens is 638 g/mol. The van der Waals surface area contributed by atoms with Crippen molar-refractivity contribution in [2.24, 2.45) is 0 Å². The maximum absolute atomic E-state index is 13.1. The van der Waals surface area contributed by atoms with Gasteiger partial charge in [-0.15, -0.1) is 0 Å². The molecule has 1 heterocycles. The smallest absolute Gasteiger partial charge is 0.270 e. The van der Waals surface area contributed by atoms with E-state index in [2.05, 4.69) is 57.1 Å². The third-order valence-corrected chi connectivity index (χ3v) is 5.97. The van der Waals surface area contributed by atoms with E-state index < -0.39 is 11.8 Å². The summed E-state index contributed by atoms with van der Waals surface area (Å²) in [7, 11) is 0. The van der Waals surface area contributed by atoms with Crippen LogP contribution in [-0.2, 0) is 9.59 Å². The number of halogens is 3. The molecule has 1 saturated heterocycles. The minimum Gasteiger partial charge on any atom is -0.487 e. The fraction of sp³-hybridized carbons (Fsp3) is 0.0500. The summed E-state index contributed by atoms with van der Waals surface area (Å²) in [5.74, 6) is -0.331. The lowest BCUT2D eigenvalue weighted by atomic mass is 10.1. The molecule has 148 valence electrons. The zero-order valence-electron chi connectivity index (χ0n) is 14.7. The molecule has 1 fully saturated rings. The minimum atomic E-state index is -0.546. The van der Waals surface area contributed by atoms with E-state index in [1.165, 1.54) is 4.90 Å². The van der Waals surface area contributed by atoms with E-state index in [0.717, 1.165) is 12.9 Å². The molecule has 1 aliphatic rings. The predicted molar refractivity (Wildman–Crippen MR) is 135 cm³/mol. The number of anilines is 1. The van der Waals surface area contributed by atoms with Crippen LogP contribution >= 0.6 is 69.0 Å². The molecule has 5 nitrogen and oxygen atoms in total. The Morgan fingerprint density at radius 2 is 1.90 bits per heavy atom. The first kappa shape index (κ1) is 22.2. The third-order valence-electron chi connectivity index (χ3n) is 3.85. The molecule has 1 N–H and O–H groups in total. The number of amides is 2. The van der Waals surface area contributed by atoms with E-state index >= 15 is 0 Å². The SMILES string of the molecule is C=CCOc1c(I)cc(/C=C2\C(=O)NC(=S)N(c3cccc(Cl)c3)C2=O)cc1I. The molecule has 3 rings (SSSR count). The lowest BCUT2D eigenvalue weighted by Crippen LogP contribution is -2.54. The van der Waals surface area contributed by atoms with Gasteiger partial charge >= 0.3 is 0 Å². The summed E-state index contributed by atoms with van der Waals surface area (Å²) in [5.41, 5.74) is 1.16. The molecule has 2 aromatic carbocycles. The zero-order valence-corrected chi connectivity index (χ0v) is 20.6. The van der Waals surface area contributed by atoms with Crippen LogP contribution in [0, 0.1) is 7.14 Å². The van der Waals surface area contributed by atoms with Crippen molar-refractivity contribution >= 4 is 97.7 Å². The fourth-order valence-electron chi connectivity index (χ4n) is 2.62. The molecule has 1 aliphatic heterocycles. The van der Waals surface area contributed by atoms with Crippen molar-refractivity contribution in [3.63, 3.8) is 0 Å². The molecule has 0 unspecified atom stereocenters. The number of hydrogen-bond acceptors (Lipinski definition) is 4. The number of thiocarbonyl (C=S) groups is 1. The van der Waals surface area contributed by atoms with Crippen molar-refractivity contribution in [2.75, 3.05) is 11.5 Å². The number of hydrogen-bond donors (Lipinski definition) is 1. The number of benzene rings is 2. The van der Waals surface area contributed by atoms with E-state index in [1.54, 1.807) is 36.4 Å². The van der Waals surface area contributed by atoms with Gasteiger partial charge in [0.05, 0.1) is 12.8 Å². The molecule has 2 amide bonds. The molecule has 2 aromatic rings. The van der Waals surface area contributed by atoms with E-state index in [0.29, 0.717) is 22.9 Å². The van der Waals surface area contributed by atoms with Gasteiger partial charge in [0.2, 0.25) is 0 Å². The quantitative estimate of drug-likeness (QED) is 0.164. The van der Waals surface area contributed by atoms with Gasteiger partial charge < -0.3 is 4.74 Å². The summed E-state index contributed by atoms with van der Waals surface area (Å²) in [6.07, 6.45) is 3.21. The topological polar surface area (TPSA) is 58.6 Å². The molecule has 0 saturated carbocycles. The molecule has 0 aromatic heterocycles. The molecular formula is C20H13ClI2N2O3S. The highest BCUT2D eigenvalue weighted by Gasteiger charge is 2.34. The van der Waals surface area contributed by atoms with Gasteiger partial charge in [0.15, 0.2) is 5.11 Å². The molecule has 0 atom stereocenters. The number of carbonyl (C=O) groups is 2. The van der Waals surface area contributed by atoms with Crippen molar-refractivity contribution in [1.82, 2.24) is 5.32 Å². The van der Waals surface area contributed by atoms with E-state index in [-0.39, 0.29) is 10.7 Å². The third kappa shape index (κ3) is 4.98. The average molecular weight is 651 g/mol. The van der Waals surface area contributed by atoms with Gasteiger partial charge in [0, 0.05) is 5.02 Å². The van der Waals surface area contributed by atoms with Gasteiger partial charge in [-0.1, -0.05) is 30.3 Å². The Morgan fingerprint density at radius 3 is 2.52 bits per heavy atom. The van der Waals surface area contributed by atoms with Crippen LogP contribution in [0.4, 0.5) is 5.69 Å². The summed E-state index contributed by atoms with van der Waals surface area (Å²) in [6.45, 7) is 4.03. The number of rotatable bonds is 5. The molecule has 9 heteroatoms. The first-order valence-corrected chi connectivity index (χ1v) is 11.2. The highest BCUT2D eigenvalue weighted by molar-refractivity contribution is 14.1. The number of ether oxygens (including phenoxy) is 1. The number of nitrogens with one attached hydrogen (secondary N) is 1. The highest BCUT2D eigenvalue weighted by atomic mass is 127. The van der Waals surface area contributed by atoms with Crippen molar-refractivity contribution in [3.05, 3.63) is 72.4 Å². The monoisotopic (exact) mass is 650 g/mol. The Hall–Kier alpha value is -1.50. The van der Waals surface area contributed by atoms with Crippen LogP contribution in [0.15, 0.2) is 54.6 Å². The summed E-state index contributed by atoms with van der Waals surface area (Å²) in [5, 5.41) is 3.03. The van der Waals surface area contributed by atoms with Gasteiger partial charge in [-0.05, 0) is 99.4 Å². The Labute approximate surface area is 205 Å². The van der Waals surface area contributed by atoms with Crippen LogP contribution in [0.5, 0.6) is 5.75 Å². The first-order chi connectivity index (χ1) is 13.8. The Balaban J connectivity index is 1.99. The molecule has 0 aliphatic carbocycles. The number of nitrogens with zero attached hydrogens (tertiary/aromatic N) is 1. The predicted octanol–water partition coefficient (Wildman–Crippen LogP) is 4.95. The molecule has 0 bridgehead atoms. The highest BCUT2D eigenvalue weighted by Crippen LogP contribution is 2.31. The van der Waals surface area contributed by atoms with Crippen LogP contribution in [-0.4, -0.2) is 23.5 Å². The van der Waals surface area contributed by atoms with Gasteiger partial charge in [0.1, 0.15) is 17.9 Å². The molecule has 29 heavy (non-hydrogen) atoms. The largest absolute Gasteiger partial charge is 0.487 e. The summed E-state index contributed by atoms with van der Waals surface area (Å²) in [6, 6.07) is 10.4. The summed E-state index contributed by atoms with van der Waals surface area (Å²) < 4.78 is 7.38. The minimum absolute atomic E-state index is 0.0109. The van der Waals surface area contributed by atoms with Crippen LogP contribution in [0.2, 0.25) is 5.02 Å². The van der Waals surface area contributed by atoms with Crippen molar-refractivity contribution in [2.45, 2.75) is 0 Å². The van der Waals surface area contributed by atoms with Crippen LogP contribution in [0.25, 0.3) is 6.08 Å². The van der Waals surface area contributed by atoms with Gasteiger partial charge in [-0.25, -0.2) is 0 Å². The molecule has 0 spiro atoms. The second-order valence-electron chi connectivity index (χ2n) is 5.85. The second-order valence-corrected chi connectivity index (χ2v) is 9.00. The lowest BCUT2D eigenvalue weighted by Gasteiger charge is -2.29. The Bertz CT molecular complexity index is 1050. The van der Waals surface area contributed by atoms with Crippen LogP contribution in [0.3, 0.4) is 0 Å². The zero-order chi connectivity index (χ0) is 21.1. The van der Waals surface area contributed by atoms with Gasteiger partial charge in [0.25, 0.3) is 11.8 Å². The maximum Gasteiger partial charge on any atom is 0.270 e.